The number of aliphatic hydroxyl groups is 1. The molecule has 0 aliphatic carbocycles. The molecule has 2 aromatic carbocycles. The SMILES string of the molecule is COc1c(Br)cc(Br)cc1C(=O)Nc1cccc([C@@H](C)O)c1. The summed E-state index contributed by atoms with van der Waals surface area (Å²) in [4.78, 5) is 12.5. The van der Waals surface area contributed by atoms with Gasteiger partial charge in [0.2, 0.25) is 0 Å². The zero-order valence-electron chi connectivity index (χ0n) is 12.1. The number of rotatable bonds is 4. The summed E-state index contributed by atoms with van der Waals surface area (Å²) >= 11 is 6.74. The van der Waals surface area contributed by atoms with Crippen LogP contribution in [-0.4, -0.2) is 18.1 Å². The number of halogens is 2. The number of ether oxygens (including phenoxy) is 1. The number of nitrogens with one attached hydrogen (secondary N) is 1. The normalized spacial score (nSPS) is 11.9. The Kier molecular flexibility index (Phi) is 5.61. The van der Waals surface area contributed by atoms with Crippen molar-refractivity contribution in [1.82, 2.24) is 0 Å². The molecule has 2 rings (SSSR count). The van der Waals surface area contributed by atoms with E-state index in [0.29, 0.717) is 21.5 Å². The van der Waals surface area contributed by atoms with E-state index >= 15 is 0 Å². The van der Waals surface area contributed by atoms with Gasteiger partial charge < -0.3 is 15.2 Å². The molecule has 0 aliphatic rings. The Morgan fingerprint density at radius 1 is 1.27 bits per heavy atom. The number of hydrogen-bond donors (Lipinski definition) is 2. The van der Waals surface area contributed by atoms with E-state index in [-0.39, 0.29) is 5.91 Å². The first-order valence-corrected chi connectivity index (χ1v) is 8.13. The van der Waals surface area contributed by atoms with Gasteiger partial charge in [0.1, 0.15) is 5.75 Å². The number of aliphatic hydroxyl groups excluding tert-OH is 1. The van der Waals surface area contributed by atoms with Gasteiger partial charge in [-0.25, -0.2) is 0 Å². The summed E-state index contributed by atoms with van der Waals surface area (Å²) in [5.41, 5.74) is 1.76. The van der Waals surface area contributed by atoms with Gasteiger partial charge >= 0.3 is 0 Å². The molecule has 0 saturated carbocycles. The standard InChI is InChI=1S/C16H15Br2NO3/c1-9(20)10-4-3-5-12(6-10)19-16(21)13-7-11(17)8-14(18)15(13)22-2/h3-9,20H,1-2H3,(H,19,21)/t9-/m1/s1. The molecule has 0 fully saturated rings. The van der Waals surface area contributed by atoms with Gasteiger partial charge in [-0.1, -0.05) is 28.1 Å². The highest BCUT2D eigenvalue weighted by atomic mass is 79.9. The van der Waals surface area contributed by atoms with Crippen molar-refractivity contribution in [2.75, 3.05) is 12.4 Å². The molecule has 2 N–H and O–H groups in total. The number of carbonyl (C=O) groups is 1. The average Bonchev–Trinajstić information content (AvgIpc) is 2.46. The Morgan fingerprint density at radius 3 is 2.64 bits per heavy atom. The van der Waals surface area contributed by atoms with Crippen molar-refractivity contribution in [2.45, 2.75) is 13.0 Å². The molecule has 2 aromatic rings. The lowest BCUT2D eigenvalue weighted by Gasteiger charge is -2.13. The molecule has 0 heterocycles. The van der Waals surface area contributed by atoms with Gasteiger partial charge in [-0.3, -0.25) is 4.79 Å². The summed E-state index contributed by atoms with van der Waals surface area (Å²) in [6.07, 6.45) is -0.591. The summed E-state index contributed by atoms with van der Waals surface area (Å²) in [5.74, 6) is 0.175. The molecule has 0 bridgehead atoms. The summed E-state index contributed by atoms with van der Waals surface area (Å²) < 4.78 is 6.74. The number of amides is 1. The second-order valence-electron chi connectivity index (χ2n) is 4.72. The number of anilines is 1. The van der Waals surface area contributed by atoms with Gasteiger partial charge in [-0.2, -0.15) is 0 Å². The van der Waals surface area contributed by atoms with Crippen LogP contribution in [0.2, 0.25) is 0 Å². The lowest BCUT2D eigenvalue weighted by molar-refractivity contribution is 0.102. The molecule has 0 aromatic heterocycles. The molecule has 0 unspecified atom stereocenters. The zero-order valence-corrected chi connectivity index (χ0v) is 15.2. The fourth-order valence-corrected chi connectivity index (χ4v) is 3.40. The van der Waals surface area contributed by atoms with Crippen LogP contribution in [0.5, 0.6) is 5.75 Å². The van der Waals surface area contributed by atoms with Crippen molar-refractivity contribution in [3.05, 3.63) is 56.5 Å². The van der Waals surface area contributed by atoms with Crippen LogP contribution in [0.25, 0.3) is 0 Å². The highest BCUT2D eigenvalue weighted by molar-refractivity contribution is 9.11. The Balaban J connectivity index is 2.32. The van der Waals surface area contributed by atoms with E-state index < -0.39 is 6.10 Å². The quantitative estimate of drug-likeness (QED) is 0.752. The van der Waals surface area contributed by atoms with Crippen LogP contribution in [-0.2, 0) is 0 Å². The maximum atomic E-state index is 12.5. The molecular formula is C16H15Br2NO3. The molecule has 22 heavy (non-hydrogen) atoms. The van der Waals surface area contributed by atoms with Gasteiger partial charge in [-0.05, 0) is 52.7 Å². The summed E-state index contributed by atoms with van der Waals surface area (Å²) in [5, 5.41) is 12.4. The monoisotopic (exact) mass is 427 g/mol. The Hall–Kier alpha value is -1.37. The first kappa shape index (κ1) is 17.0. The van der Waals surface area contributed by atoms with E-state index in [0.717, 1.165) is 10.0 Å². The van der Waals surface area contributed by atoms with Crippen molar-refractivity contribution in [2.24, 2.45) is 0 Å². The molecule has 1 atom stereocenters. The van der Waals surface area contributed by atoms with Gasteiger partial charge in [0, 0.05) is 10.2 Å². The van der Waals surface area contributed by atoms with E-state index in [1.54, 1.807) is 37.3 Å². The highest BCUT2D eigenvalue weighted by Gasteiger charge is 2.17. The number of hydrogen-bond acceptors (Lipinski definition) is 3. The second kappa shape index (κ2) is 7.26. The van der Waals surface area contributed by atoms with Crippen molar-refractivity contribution in [3.8, 4) is 5.75 Å². The van der Waals surface area contributed by atoms with Crippen molar-refractivity contribution < 1.29 is 14.6 Å². The third kappa shape index (κ3) is 3.88. The van der Waals surface area contributed by atoms with Crippen LogP contribution in [0.3, 0.4) is 0 Å². The summed E-state index contributed by atoms with van der Waals surface area (Å²) in [7, 11) is 1.51. The van der Waals surface area contributed by atoms with E-state index in [2.05, 4.69) is 37.2 Å². The van der Waals surface area contributed by atoms with Crippen LogP contribution in [0.1, 0.15) is 28.9 Å². The third-order valence-corrected chi connectivity index (χ3v) is 4.13. The maximum Gasteiger partial charge on any atom is 0.259 e. The number of methoxy groups -OCH3 is 1. The van der Waals surface area contributed by atoms with Gasteiger partial charge in [-0.15, -0.1) is 0 Å². The minimum atomic E-state index is -0.591. The predicted octanol–water partition coefficient (Wildman–Crippen LogP) is 4.53. The fraction of sp³-hybridized carbons (Fsp3) is 0.188. The molecule has 0 radical (unpaired) electrons. The maximum absolute atomic E-state index is 12.5. The van der Waals surface area contributed by atoms with Crippen LogP contribution < -0.4 is 10.1 Å². The lowest BCUT2D eigenvalue weighted by Crippen LogP contribution is -2.13. The fourth-order valence-electron chi connectivity index (χ4n) is 2.01. The Bertz CT molecular complexity index is 702. The summed E-state index contributed by atoms with van der Waals surface area (Å²) in [6, 6.07) is 10.6. The first-order valence-electron chi connectivity index (χ1n) is 6.54. The number of carbonyl (C=O) groups excluding carboxylic acids is 1. The minimum absolute atomic E-state index is 0.290. The van der Waals surface area contributed by atoms with Crippen molar-refractivity contribution >= 4 is 43.5 Å². The molecule has 0 saturated heterocycles. The molecule has 4 nitrogen and oxygen atoms in total. The molecule has 116 valence electrons. The van der Waals surface area contributed by atoms with Crippen molar-refractivity contribution in [3.63, 3.8) is 0 Å². The summed E-state index contributed by atoms with van der Waals surface area (Å²) in [6.45, 7) is 1.68. The van der Waals surface area contributed by atoms with Gasteiger partial charge in [0.15, 0.2) is 0 Å². The van der Waals surface area contributed by atoms with Crippen LogP contribution in [0, 0.1) is 0 Å². The second-order valence-corrected chi connectivity index (χ2v) is 6.49. The van der Waals surface area contributed by atoms with Crippen LogP contribution >= 0.6 is 31.9 Å². The van der Waals surface area contributed by atoms with Crippen LogP contribution in [0.4, 0.5) is 5.69 Å². The molecule has 0 spiro atoms. The van der Waals surface area contributed by atoms with Gasteiger partial charge in [0.05, 0.1) is 23.2 Å². The largest absolute Gasteiger partial charge is 0.495 e. The molecular weight excluding hydrogens is 414 g/mol. The lowest BCUT2D eigenvalue weighted by atomic mass is 10.1. The topological polar surface area (TPSA) is 58.6 Å². The number of benzene rings is 2. The van der Waals surface area contributed by atoms with E-state index in [1.807, 2.05) is 6.07 Å². The van der Waals surface area contributed by atoms with Gasteiger partial charge in [0.25, 0.3) is 5.91 Å². The molecule has 1 amide bonds. The Labute approximate surface area is 145 Å². The minimum Gasteiger partial charge on any atom is -0.495 e. The first-order chi connectivity index (χ1) is 10.4. The average molecular weight is 429 g/mol. The van der Waals surface area contributed by atoms with Crippen LogP contribution in [0.15, 0.2) is 45.3 Å². The van der Waals surface area contributed by atoms with Crippen molar-refractivity contribution in [1.29, 1.82) is 0 Å². The predicted molar refractivity (Wildman–Crippen MR) is 93.4 cm³/mol. The smallest absolute Gasteiger partial charge is 0.259 e. The van der Waals surface area contributed by atoms with E-state index in [9.17, 15) is 9.90 Å². The Morgan fingerprint density at radius 2 is 2.00 bits per heavy atom. The van der Waals surface area contributed by atoms with E-state index in [4.69, 9.17) is 4.74 Å². The third-order valence-electron chi connectivity index (χ3n) is 3.08. The molecule has 0 aliphatic heterocycles. The molecule has 6 heteroatoms. The van der Waals surface area contributed by atoms with E-state index in [1.165, 1.54) is 7.11 Å². The highest BCUT2D eigenvalue weighted by Crippen LogP contribution is 2.33. The zero-order chi connectivity index (χ0) is 16.3.